The number of rotatable bonds is 9. The lowest BCUT2D eigenvalue weighted by molar-refractivity contribution is 0.306. The van der Waals surface area contributed by atoms with Gasteiger partial charge in [-0.05, 0) is 65.1 Å². The fourth-order valence-electron chi connectivity index (χ4n) is 3.53. The highest BCUT2D eigenvalue weighted by molar-refractivity contribution is 8.00. The summed E-state index contributed by atoms with van der Waals surface area (Å²) in [5.41, 5.74) is 2.22. The maximum Gasteiger partial charge on any atom is 0.267 e. The fraction of sp³-hybridized carbons (Fsp3) is 0.143. The molecule has 4 rings (SSSR count). The van der Waals surface area contributed by atoms with Gasteiger partial charge in [-0.2, -0.15) is 8.78 Å². The molecule has 0 aromatic heterocycles. The molecule has 0 aliphatic rings. The van der Waals surface area contributed by atoms with Crippen molar-refractivity contribution in [2.45, 2.75) is 29.6 Å². The predicted molar refractivity (Wildman–Crippen MR) is 129 cm³/mol. The van der Waals surface area contributed by atoms with E-state index in [0.717, 1.165) is 38.6 Å². The Bertz CT molecular complexity index is 1170. The van der Waals surface area contributed by atoms with Crippen LogP contribution in [0.5, 0.6) is 5.75 Å². The van der Waals surface area contributed by atoms with E-state index in [1.807, 2.05) is 84.9 Å². The molecule has 4 aromatic carbocycles. The van der Waals surface area contributed by atoms with E-state index in [2.05, 4.69) is 12.1 Å². The zero-order chi connectivity index (χ0) is 22.2. The van der Waals surface area contributed by atoms with E-state index in [4.69, 9.17) is 4.74 Å². The number of halogens is 2. The molecule has 0 aliphatic carbocycles. The molecule has 0 unspecified atom stereocenters. The predicted octanol–water partition coefficient (Wildman–Crippen LogP) is 8.29. The average molecular weight is 447 g/mol. The third kappa shape index (κ3) is 6.44. The van der Waals surface area contributed by atoms with Gasteiger partial charge in [-0.1, -0.05) is 72.8 Å². The number of ether oxygens (including phenoxy) is 1. The van der Waals surface area contributed by atoms with E-state index >= 15 is 0 Å². The van der Waals surface area contributed by atoms with Gasteiger partial charge in [0.15, 0.2) is 0 Å². The van der Waals surface area contributed by atoms with Crippen LogP contribution in [0.4, 0.5) is 8.78 Å². The van der Waals surface area contributed by atoms with Crippen molar-refractivity contribution in [2.24, 2.45) is 0 Å². The Morgan fingerprint density at radius 1 is 0.781 bits per heavy atom. The van der Waals surface area contributed by atoms with Crippen molar-refractivity contribution >= 4 is 22.5 Å². The van der Waals surface area contributed by atoms with Crippen LogP contribution in [0.25, 0.3) is 10.8 Å². The van der Waals surface area contributed by atoms with Crippen molar-refractivity contribution in [2.75, 3.05) is 0 Å². The fourth-order valence-corrected chi connectivity index (χ4v) is 4.63. The highest BCUT2D eigenvalue weighted by Crippen LogP contribution is 2.31. The SMILES string of the molecule is FC(F)=C[C@@H](CCc1ccc(OCc2ccccc2)cc1)Sc1ccc2ccccc2c1. The second kappa shape index (κ2) is 11.0. The summed E-state index contributed by atoms with van der Waals surface area (Å²) in [6.07, 6.45) is 0.775. The summed E-state index contributed by atoms with van der Waals surface area (Å²) in [4.78, 5) is 0.996. The summed E-state index contributed by atoms with van der Waals surface area (Å²) >= 11 is 1.48. The lowest BCUT2D eigenvalue weighted by Gasteiger charge is -2.13. The maximum absolute atomic E-state index is 13.1. The number of hydrogen-bond acceptors (Lipinski definition) is 2. The molecule has 0 N–H and O–H groups in total. The Kier molecular flexibility index (Phi) is 7.57. The van der Waals surface area contributed by atoms with Crippen LogP contribution in [0.3, 0.4) is 0 Å². The van der Waals surface area contributed by atoms with Gasteiger partial charge in [-0.25, -0.2) is 0 Å². The van der Waals surface area contributed by atoms with Gasteiger partial charge in [-0.3, -0.25) is 0 Å². The monoisotopic (exact) mass is 446 g/mol. The number of benzene rings is 4. The largest absolute Gasteiger partial charge is 0.489 e. The van der Waals surface area contributed by atoms with Crippen LogP contribution in [0.2, 0.25) is 0 Å². The number of thioether (sulfide) groups is 1. The molecule has 0 saturated carbocycles. The molecule has 32 heavy (non-hydrogen) atoms. The van der Waals surface area contributed by atoms with Crippen LogP contribution >= 0.6 is 11.8 Å². The van der Waals surface area contributed by atoms with Crippen LogP contribution in [0.1, 0.15) is 17.5 Å². The first-order chi connectivity index (χ1) is 15.7. The van der Waals surface area contributed by atoms with Gasteiger partial charge in [0.25, 0.3) is 6.08 Å². The molecule has 0 bridgehead atoms. The van der Waals surface area contributed by atoms with E-state index < -0.39 is 6.08 Å². The second-order valence-corrected chi connectivity index (χ2v) is 8.89. The van der Waals surface area contributed by atoms with Crippen LogP contribution in [0, 0.1) is 0 Å². The topological polar surface area (TPSA) is 9.23 Å². The molecule has 4 heteroatoms. The average Bonchev–Trinajstić information content (AvgIpc) is 2.82. The zero-order valence-electron chi connectivity index (χ0n) is 17.6. The maximum atomic E-state index is 13.1. The molecule has 0 amide bonds. The van der Waals surface area contributed by atoms with Crippen molar-refractivity contribution in [3.8, 4) is 5.75 Å². The molecule has 0 spiro atoms. The Hall–Kier alpha value is -3.11. The smallest absolute Gasteiger partial charge is 0.267 e. The first-order valence-electron chi connectivity index (χ1n) is 10.6. The zero-order valence-corrected chi connectivity index (χ0v) is 18.4. The summed E-state index contributed by atoms with van der Waals surface area (Å²) in [5, 5.41) is 1.97. The van der Waals surface area contributed by atoms with Gasteiger partial charge in [0, 0.05) is 10.1 Å². The normalized spacial score (nSPS) is 11.8. The van der Waals surface area contributed by atoms with Crippen molar-refractivity contribution < 1.29 is 13.5 Å². The third-order valence-corrected chi connectivity index (χ3v) is 6.41. The molecule has 0 fully saturated rings. The Balaban J connectivity index is 1.36. The lowest BCUT2D eigenvalue weighted by atomic mass is 10.1. The van der Waals surface area contributed by atoms with Crippen molar-refractivity contribution in [3.63, 3.8) is 0 Å². The second-order valence-electron chi connectivity index (χ2n) is 7.58. The minimum atomic E-state index is -1.63. The van der Waals surface area contributed by atoms with Crippen molar-refractivity contribution in [3.05, 3.63) is 120 Å². The first-order valence-corrected chi connectivity index (χ1v) is 11.5. The van der Waals surface area contributed by atoms with E-state index in [9.17, 15) is 8.78 Å². The minimum absolute atomic E-state index is 0.296. The number of aryl methyl sites for hydroxylation is 1. The Morgan fingerprint density at radius 3 is 2.25 bits per heavy atom. The van der Waals surface area contributed by atoms with Gasteiger partial charge in [0.05, 0.1) is 0 Å². The van der Waals surface area contributed by atoms with Crippen molar-refractivity contribution in [1.29, 1.82) is 0 Å². The van der Waals surface area contributed by atoms with Gasteiger partial charge in [0.2, 0.25) is 0 Å². The van der Waals surface area contributed by atoms with Gasteiger partial charge in [-0.15, -0.1) is 11.8 Å². The van der Waals surface area contributed by atoms with Crippen LogP contribution in [-0.4, -0.2) is 5.25 Å². The Morgan fingerprint density at radius 2 is 1.50 bits per heavy atom. The number of hydrogen-bond donors (Lipinski definition) is 0. The number of fused-ring (bicyclic) bond motifs is 1. The van der Waals surface area contributed by atoms with Crippen LogP contribution < -0.4 is 4.74 Å². The molecule has 0 saturated heterocycles. The summed E-state index contributed by atoms with van der Waals surface area (Å²) in [6, 6.07) is 32.1. The van der Waals surface area contributed by atoms with Gasteiger partial charge < -0.3 is 4.74 Å². The molecule has 0 radical (unpaired) electrons. The highest BCUT2D eigenvalue weighted by atomic mass is 32.2. The minimum Gasteiger partial charge on any atom is -0.489 e. The summed E-state index contributed by atoms with van der Waals surface area (Å²) in [5.74, 6) is 0.800. The van der Waals surface area contributed by atoms with Gasteiger partial charge in [0.1, 0.15) is 12.4 Å². The van der Waals surface area contributed by atoms with Crippen LogP contribution in [-0.2, 0) is 13.0 Å². The van der Waals surface area contributed by atoms with E-state index in [1.54, 1.807) is 0 Å². The third-order valence-electron chi connectivity index (χ3n) is 5.21. The molecule has 0 heterocycles. The summed E-state index contributed by atoms with van der Waals surface area (Å²) in [7, 11) is 0. The van der Waals surface area contributed by atoms with E-state index in [1.165, 1.54) is 11.8 Å². The molecule has 1 atom stereocenters. The molecule has 0 aliphatic heterocycles. The quantitative estimate of drug-likeness (QED) is 0.239. The van der Waals surface area contributed by atoms with Gasteiger partial charge >= 0.3 is 0 Å². The molecular weight excluding hydrogens is 422 g/mol. The molecular formula is C28H24F2OS. The molecule has 1 nitrogen and oxygen atoms in total. The van der Waals surface area contributed by atoms with Crippen LogP contribution in [0.15, 0.2) is 114 Å². The Labute approximate surface area is 191 Å². The highest BCUT2D eigenvalue weighted by Gasteiger charge is 2.11. The standard InChI is InChI=1S/C28H24F2OS/c29-28(30)19-27(32-26-17-13-23-8-4-5-9-24(23)18-26)16-12-21-10-14-25(15-11-21)31-20-22-6-2-1-3-7-22/h1-11,13-15,17-19,27H,12,16,20H2/t27-/m1/s1. The van der Waals surface area contributed by atoms with Crippen molar-refractivity contribution in [1.82, 2.24) is 0 Å². The van der Waals surface area contributed by atoms with E-state index in [-0.39, 0.29) is 5.25 Å². The first kappa shape index (κ1) is 22.1. The molecule has 162 valence electrons. The summed E-state index contributed by atoms with van der Waals surface area (Å²) < 4.78 is 32.0. The lowest BCUT2D eigenvalue weighted by Crippen LogP contribution is -2.02. The molecule has 4 aromatic rings. The van der Waals surface area contributed by atoms with E-state index in [0.29, 0.717) is 19.4 Å². The summed E-state index contributed by atoms with van der Waals surface area (Å²) in [6.45, 7) is 0.519.